The molecule has 0 atom stereocenters. The highest BCUT2D eigenvalue weighted by Crippen LogP contribution is 2.39. The van der Waals surface area contributed by atoms with Crippen LogP contribution in [0.1, 0.15) is 48.9 Å². The van der Waals surface area contributed by atoms with Crippen molar-refractivity contribution in [2.75, 3.05) is 24.2 Å². The molecule has 0 bridgehead atoms. The molecule has 7 nitrogen and oxygen atoms in total. The van der Waals surface area contributed by atoms with Crippen LogP contribution in [0.4, 0.5) is 5.69 Å². The summed E-state index contributed by atoms with van der Waals surface area (Å²) >= 11 is 1.21. The number of hydrogen-bond acceptors (Lipinski definition) is 6. The van der Waals surface area contributed by atoms with Gasteiger partial charge in [-0.25, -0.2) is 0 Å². The van der Waals surface area contributed by atoms with E-state index in [0.29, 0.717) is 41.4 Å². The number of carbonyl (C=O) groups is 2. The van der Waals surface area contributed by atoms with Gasteiger partial charge < -0.3 is 14.6 Å². The van der Waals surface area contributed by atoms with Gasteiger partial charge in [0, 0.05) is 30.3 Å². The SMILES string of the molecule is CCN(CC)C(=O)c1cccc(NC(=O)CSc2nnc(C3CC3)o2)c1. The Kier molecular flexibility index (Phi) is 5.92. The van der Waals surface area contributed by atoms with E-state index in [1.807, 2.05) is 13.8 Å². The molecule has 26 heavy (non-hydrogen) atoms. The highest BCUT2D eigenvalue weighted by Gasteiger charge is 2.29. The fraction of sp³-hybridized carbons (Fsp3) is 0.444. The molecule has 1 saturated carbocycles. The maximum Gasteiger partial charge on any atom is 0.277 e. The summed E-state index contributed by atoms with van der Waals surface area (Å²) < 4.78 is 5.52. The van der Waals surface area contributed by atoms with Crippen molar-refractivity contribution in [3.8, 4) is 0 Å². The van der Waals surface area contributed by atoms with E-state index in [9.17, 15) is 9.59 Å². The van der Waals surface area contributed by atoms with Crippen LogP contribution in [0.5, 0.6) is 0 Å². The number of thioether (sulfide) groups is 1. The minimum atomic E-state index is -0.186. The molecule has 8 heteroatoms. The smallest absolute Gasteiger partial charge is 0.277 e. The molecule has 0 saturated heterocycles. The third-order valence-corrected chi connectivity index (χ3v) is 4.94. The van der Waals surface area contributed by atoms with Gasteiger partial charge in [-0.3, -0.25) is 9.59 Å². The number of rotatable bonds is 8. The Bertz CT molecular complexity index is 784. The molecule has 1 N–H and O–H groups in total. The van der Waals surface area contributed by atoms with Crippen molar-refractivity contribution in [2.45, 2.75) is 37.8 Å². The summed E-state index contributed by atoms with van der Waals surface area (Å²) in [5, 5.41) is 11.2. The van der Waals surface area contributed by atoms with Gasteiger partial charge in [-0.15, -0.1) is 10.2 Å². The highest BCUT2D eigenvalue weighted by atomic mass is 32.2. The molecule has 3 rings (SSSR count). The number of anilines is 1. The number of hydrogen-bond donors (Lipinski definition) is 1. The van der Waals surface area contributed by atoms with Crippen molar-refractivity contribution in [2.24, 2.45) is 0 Å². The van der Waals surface area contributed by atoms with Gasteiger partial charge in [0.2, 0.25) is 11.8 Å². The third kappa shape index (κ3) is 4.63. The molecule has 1 aromatic carbocycles. The maximum absolute atomic E-state index is 12.4. The van der Waals surface area contributed by atoms with Crippen molar-refractivity contribution in [3.63, 3.8) is 0 Å². The van der Waals surface area contributed by atoms with Crippen LogP contribution < -0.4 is 5.32 Å². The second-order valence-corrected chi connectivity index (χ2v) is 7.00. The van der Waals surface area contributed by atoms with Gasteiger partial charge in [-0.1, -0.05) is 17.8 Å². The third-order valence-electron chi connectivity index (χ3n) is 4.12. The quantitative estimate of drug-likeness (QED) is 0.714. The van der Waals surface area contributed by atoms with Gasteiger partial charge in [0.05, 0.1) is 5.75 Å². The number of nitrogens with zero attached hydrogens (tertiary/aromatic N) is 3. The molecule has 1 aliphatic rings. The van der Waals surface area contributed by atoms with E-state index in [2.05, 4.69) is 15.5 Å². The molecule has 0 spiro atoms. The number of amides is 2. The van der Waals surface area contributed by atoms with Crippen LogP contribution in [0.25, 0.3) is 0 Å². The fourth-order valence-electron chi connectivity index (χ4n) is 2.52. The van der Waals surface area contributed by atoms with Gasteiger partial charge in [0.1, 0.15) is 0 Å². The lowest BCUT2D eigenvalue weighted by molar-refractivity contribution is -0.113. The van der Waals surface area contributed by atoms with Crippen LogP contribution in [-0.4, -0.2) is 45.8 Å². The van der Waals surface area contributed by atoms with Crippen molar-refractivity contribution < 1.29 is 14.0 Å². The highest BCUT2D eigenvalue weighted by molar-refractivity contribution is 7.99. The summed E-state index contributed by atoms with van der Waals surface area (Å²) in [6.45, 7) is 5.18. The Balaban J connectivity index is 1.54. The Morgan fingerprint density at radius 3 is 2.73 bits per heavy atom. The zero-order chi connectivity index (χ0) is 18.5. The molecule has 1 aromatic heterocycles. The molecule has 0 unspecified atom stereocenters. The lowest BCUT2D eigenvalue weighted by Crippen LogP contribution is -2.30. The summed E-state index contributed by atoms with van der Waals surface area (Å²) in [4.78, 5) is 26.3. The van der Waals surface area contributed by atoms with Crippen LogP contribution in [0, 0.1) is 0 Å². The maximum atomic E-state index is 12.4. The molecule has 0 aliphatic heterocycles. The van der Waals surface area contributed by atoms with E-state index in [1.54, 1.807) is 29.2 Å². The monoisotopic (exact) mass is 374 g/mol. The second kappa shape index (κ2) is 8.35. The normalized spacial score (nSPS) is 13.5. The first-order chi connectivity index (χ1) is 12.6. The lowest BCUT2D eigenvalue weighted by Gasteiger charge is -2.19. The first-order valence-corrected chi connectivity index (χ1v) is 9.74. The van der Waals surface area contributed by atoms with Crippen LogP contribution in [0.15, 0.2) is 33.9 Å². The van der Waals surface area contributed by atoms with E-state index < -0.39 is 0 Å². The average Bonchev–Trinajstić information content (AvgIpc) is 3.39. The van der Waals surface area contributed by atoms with Gasteiger partial charge >= 0.3 is 0 Å². The largest absolute Gasteiger partial charge is 0.416 e. The molecule has 1 aliphatic carbocycles. The van der Waals surface area contributed by atoms with E-state index in [-0.39, 0.29) is 17.6 Å². The summed E-state index contributed by atoms with van der Waals surface area (Å²) in [6, 6.07) is 6.98. The predicted molar refractivity (Wildman–Crippen MR) is 99.3 cm³/mol. The lowest BCUT2D eigenvalue weighted by atomic mass is 10.1. The molecule has 138 valence electrons. The molecule has 1 heterocycles. The van der Waals surface area contributed by atoms with Crippen LogP contribution in [0.2, 0.25) is 0 Å². The second-order valence-electron chi connectivity index (χ2n) is 6.08. The molecule has 2 aromatic rings. The van der Waals surface area contributed by atoms with Crippen LogP contribution >= 0.6 is 11.8 Å². The number of aromatic nitrogens is 2. The summed E-state index contributed by atoms with van der Waals surface area (Å²) in [6.07, 6.45) is 2.19. The standard InChI is InChI=1S/C18H22N4O3S/c1-3-22(4-2)17(24)13-6-5-7-14(10-13)19-15(23)11-26-18-21-20-16(25-18)12-8-9-12/h5-7,10,12H,3-4,8-9,11H2,1-2H3,(H,19,23). The molecule has 2 amide bonds. The van der Waals surface area contributed by atoms with E-state index in [4.69, 9.17) is 4.42 Å². The van der Waals surface area contributed by atoms with Crippen LogP contribution in [0.3, 0.4) is 0 Å². The molecular weight excluding hydrogens is 352 g/mol. The minimum Gasteiger partial charge on any atom is -0.416 e. The van der Waals surface area contributed by atoms with Crippen molar-refractivity contribution in [1.29, 1.82) is 0 Å². The Morgan fingerprint density at radius 2 is 2.04 bits per heavy atom. The van der Waals surface area contributed by atoms with Gasteiger partial charge in [-0.2, -0.15) is 0 Å². The first-order valence-electron chi connectivity index (χ1n) is 8.76. The van der Waals surface area contributed by atoms with Crippen molar-refractivity contribution in [3.05, 3.63) is 35.7 Å². The summed E-state index contributed by atoms with van der Waals surface area (Å²) in [5.74, 6) is 1.00. The number of carbonyl (C=O) groups excluding carboxylic acids is 2. The zero-order valence-electron chi connectivity index (χ0n) is 14.9. The van der Waals surface area contributed by atoms with Gasteiger partial charge in [-0.05, 0) is 44.9 Å². The first kappa shape index (κ1) is 18.4. The minimum absolute atomic E-state index is 0.0426. The summed E-state index contributed by atoms with van der Waals surface area (Å²) in [5.41, 5.74) is 1.16. The summed E-state index contributed by atoms with van der Waals surface area (Å²) in [7, 11) is 0. The molecule has 1 fully saturated rings. The Labute approximate surface area is 156 Å². The van der Waals surface area contributed by atoms with Crippen LogP contribution in [-0.2, 0) is 4.79 Å². The van der Waals surface area contributed by atoms with Crippen molar-refractivity contribution in [1.82, 2.24) is 15.1 Å². The van der Waals surface area contributed by atoms with E-state index in [0.717, 1.165) is 12.8 Å². The molecule has 0 radical (unpaired) electrons. The number of nitrogens with one attached hydrogen (secondary N) is 1. The topological polar surface area (TPSA) is 88.3 Å². The van der Waals surface area contributed by atoms with E-state index >= 15 is 0 Å². The Morgan fingerprint density at radius 1 is 1.27 bits per heavy atom. The van der Waals surface area contributed by atoms with E-state index in [1.165, 1.54) is 11.8 Å². The number of benzene rings is 1. The zero-order valence-corrected chi connectivity index (χ0v) is 15.7. The fourth-order valence-corrected chi connectivity index (χ4v) is 3.09. The van der Waals surface area contributed by atoms with Gasteiger partial charge in [0.15, 0.2) is 0 Å². The average molecular weight is 374 g/mol. The predicted octanol–water partition coefficient (Wildman–Crippen LogP) is 3.16. The van der Waals surface area contributed by atoms with Crippen molar-refractivity contribution >= 4 is 29.3 Å². The Hall–Kier alpha value is -2.35. The van der Waals surface area contributed by atoms with Gasteiger partial charge in [0.25, 0.3) is 11.1 Å². The molecular formula is C18H22N4O3S.